The summed E-state index contributed by atoms with van der Waals surface area (Å²) in [6.45, 7) is 0.846. The summed E-state index contributed by atoms with van der Waals surface area (Å²) in [7, 11) is 1.72. The Bertz CT molecular complexity index is 578. The molecule has 16 heavy (non-hydrogen) atoms. The minimum absolute atomic E-state index is 0.303. The standard InChI is InChI=1S/C12H14N2O2/c1-14-10-5-2-8(7-13-9-3-4-9)6-11(10)16-12(14)15/h2,5-6,9,13H,3-4,7H2,1H3. The molecule has 0 saturated heterocycles. The van der Waals surface area contributed by atoms with Crippen molar-refractivity contribution >= 4 is 11.1 Å². The molecule has 0 radical (unpaired) electrons. The van der Waals surface area contributed by atoms with Crippen molar-refractivity contribution in [3.8, 4) is 0 Å². The van der Waals surface area contributed by atoms with Crippen molar-refractivity contribution in [3.05, 3.63) is 34.3 Å². The van der Waals surface area contributed by atoms with Gasteiger partial charge in [-0.15, -0.1) is 0 Å². The maximum atomic E-state index is 11.3. The van der Waals surface area contributed by atoms with Crippen LogP contribution in [0.1, 0.15) is 18.4 Å². The zero-order valence-corrected chi connectivity index (χ0v) is 9.19. The summed E-state index contributed by atoms with van der Waals surface area (Å²) in [4.78, 5) is 11.3. The Labute approximate surface area is 92.9 Å². The second-order valence-electron chi connectivity index (χ2n) is 4.38. The second kappa shape index (κ2) is 3.49. The van der Waals surface area contributed by atoms with E-state index in [-0.39, 0.29) is 5.76 Å². The molecule has 1 N–H and O–H groups in total. The third kappa shape index (κ3) is 1.65. The van der Waals surface area contributed by atoms with Crippen molar-refractivity contribution in [1.82, 2.24) is 9.88 Å². The molecule has 1 aromatic carbocycles. The number of hydrogen-bond acceptors (Lipinski definition) is 3. The van der Waals surface area contributed by atoms with E-state index in [0.717, 1.165) is 17.6 Å². The van der Waals surface area contributed by atoms with Gasteiger partial charge in [-0.1, -0.05) is 6.07 Å². The summed E-state index contributed by atoms with van der Waals surface area (Å²) in [6.07, 6.45) is 2.56. The average molecular weight is 218 g/mol. The lowest BCUT2D eigenvalue weighted by Gasteiger charge is -2.02. The van der Waals surface area contributed by atoms with Gasteiger partial charge in [-0.05, 0) is 30.5 Å². The van der Waals surface area contributed by atoms with Crippen LogP contribution in [0, 0.1) is 0 Å². The summed E-state index contributed by atoms with van der Waals surface area (Å²) in [5.74, 6) is -0.303. The highest BCUT2D eigenvalue weighted by Gasteiger charge is 2.20. The molecule has 0 atom stereocenters. The smallest absolute Gasteiger partial charge is 0.408 e. The van der Waals surface area contributed by atoms with Crippen LogP contribution in [0.3, 0.4) is 0 Å². The second-order valence-corrected chi connectivity index (χ2v) is 4.38. The van der Waals surface area contributed by atoms with Crippen molar-refractivity contribution in [3.63, 3.8) is 0 Å². The lowest BCUT2D eigenvalue weighted by Crippen LogP contribution is -2.15. The van der Waals surface area contributed by atoms with Gasteiger partial charge in [-0.2, -0.15) is 0 Å². The summed E-state index contributed by atoms with van der Waals surface area (Å²) in [5.41, 5.74) is 2.68. The molecule has 1 aromatic heterocycles. The maximum Gasteiger partial charge on any atom is 0.419 e. The number of nitrogens with one attached hydrogen (secondary N) is 1. The summed E-state index contributed by atoms with van der Waals surface area (Å²) < 4.78 is 6.66. The van der Waals surface area contributed by atoms with Crippen molar-refractivity contribution in [2.24, 2.45) is 7.05 Å². The zero-order valence-electron chi connectivity index (χ0n) is 9.19. The summed E-state index contributed by atoms with van der Waals surface area (Å²) in [6, 6.07) is 6.60. The Balaban J connectivity index is 1.92. The Morgan fingerprint density at radius 2 is 2.31 bits per heavy atom. The fourth-order valence-electron chi connectivity index (χ4n) is 1.84. The maximum absolute atomic E-state index is 11.3. The van der Waals surface area contributed by atoms with E-state index >= 15 is 0 Å². The van der Waals surface area contributed by atoms with Gasteiger partial charge >= 0.3 is 5.76 Å². The molecule has 1 heterocycles. The van der Waals surface area contributed by atoms with Gasteiger partial charge in [0.25, 0.3) is 0 Å². The van der Waals surface area contributed by atoms with E-state index in [2.05, 4.69) is 5.32 Å². The van der Waals surface area contributed by atoms with E-state index in [1.807, 2.05) is 18.2 Å². The quantitative estimate of drug-likeness (QED) is 0.846. The molecule has 1 aliphatic rings. The van der Waals surface area contributed by atoms with E-state index in [4.69, 9.17) is 4.42 Å². The van der Waals surface area contributed by atoms with Crippen LogP contribution in [0.25, 0.3) is 11.1 Å². The molecule has 1 fully saturated rings. The predicted molar refractivity (Wildman–Crippen MR) is 61.3 cm³/mol. The van der Waals surface area contributed by atoms with Crippen molar-refractivity contribution in [1.29, 1.82) is 0 Å². The van der Waals surface area contributed by atoms with E-state index in [1.165, 1.54) is 17.4 Å². The monoisotopic (exact) mass is 218 g/mol. The first-order valence-electron chi connectivity index (χ1n) is 5.56. The van der Waals surface area contributed by atoms with Crippen molar-refractivity contribution in [2.75, 3.05) is 0 Å². The number of fused-ring (bicyclic) bond motifs is 1. The number of hydrogen-bond donors (Lipinski definition) is 1. The highest BCUT2D eigenvalue weighted by molar-refractivity contribution is 5.73. The van der Waals surface area contributed by atoms with Gasteiger partial charge in [0.2, 0.25) is 0 Å². The molecule has 0 bridgehead atoms. The molecular weight excluding hydrogens is 204 g/mol. The zero-order chi connectivity index (χ0) is 11.1. The largest absolute Gasteiger partial charge is 0.419 e. The molecule has 1 aliphatic carbocycles. The number of aryl methyl sites for hydroxylation is 1. The van der Waals surface area contributed by atoms with Gasteiger partial charge in [0.1, 0.15) is 0 Å². The molecule has 4 heteroatoms. The minimum atomic E-state index is -0.303. The first kappa shape index (κ1) is 9.66. The minimum Gasteiger partial charge on any atom is -0.408 e. The van der Waals surface area contributed by atoms with Crippen LogP contribution >= 0.6 is 0 Å². The third-order valence-electron chi connectivity index (χ3n) is 3.03. The SMILES string of the molecule is Cn1c(=O)oc2cc(CNC3CC3)ccc21. The Kier molecular flexibility index (Phi) is 2.11. The number of aromatic nitrogens is 1. The van der Waals surface area contributed by atoms with E-state index in [9.17, 15) is 4.79 Å². The van der Waals surface area contributed by atoms with Crippen LogP contribution < -0.4 is 11.1 Å². The number of rotatable bonds is 3. The summed E-state index contributed by atoms with van der Waals surface area (Å²) in [5, 5.41) is 3.43. The number of benzene rings is 1. The van der Waals surface area contributed by atoms with Gasteiger partial charge < -0.3 is 9.73 Å². The molecule has 0 spiro atoms. The molecule has 84 valence electrons. The highest BCUT2D eigenvalue weighted by Crippen LogP contribution is 2.20. The topological polar surface area (TPSA) is 47.2 Å². The van der Waals surface area contributed by atoms with Crippen LogP contribution in [-0.2, 0) is 13.6 Å². The molecule has 0 amide bonds. The molecule has 4 nitrogen and oxygen atoms in total. The Morgan fingerprint density at radius 1 is 1.50 bits per heavy atom. The number of nitrogens with zero attached hydrogens (tertiary/aromatic N) is 1. The lowest BCUT2D eigenvalue weighted by atomic mass is 10.2. The van der Waals surface area contributed by atoms with E-state index < -0.39 is 0 Å². The van der Waals surface area contributed by atoms with Gasteiger partial charge in [0.15, 0.2) is 5.58 Å². The first-order chi connectivity index (χ1) is 7.74. The van der Waals surface area contributed by atoms with Gasteiger partial charge in [-0.25, -0.2) is 4.79 Å². The van der Waals surface area contributed by atoms with Crippen LogP contribution in [0.4, 0.5) is 0 Å². The fraction of sp³-hybridized carbons (Fsp3) is 0.417. The fourth-order valence-corrected chi connectivity index (χ4v) is 1.84. The molecule has 2 aromatic rings. The third-order valence-corrected chi connectivity index (χ3v) is 3.03. The normalized spacial score (nSPS) is 15.8. The highest BCUT2D eigenvalue weighted by atomic mass is 16.4. The predicted octanol–water partition coefficient (Wildman–Crippen LogP) is 1.38. The summed E-state index contributed by atoms with van der Waals surface area (Å²) >= 11 is 0. The van der Waals surface area contributed by atoms with Crippen LogP contribution in [0.15, 0.2) is 27.4 Å². The van der Waals surface area contributed by atoms with Crippen LogP contribution in [-0.4, -0.2) is 10.6 Å². The van der Waals surface area contributed by atoms with Crippen LogP contribution in [0.2, 0.25) is 0 Å². The van der Waals surface area contributed by atoms with Gasteiger partial charge in [-0.3, -0.25) is 4.57 Å². The Morgan fingerprint density at radius 3 is 3.06 bits per heavy atom. The molecule has 3 rings (SSSR count). The van der Waals surface area contributed by atoms with E-state index in [0.29, 0.717) is 11.6 Å². The van der Waals surface area contributed by atoms with Gasteiger partial charge in [0.05, 0.1) is 5.52 Å². The molecule has 0 unspecified atom stereocenters. The van der Waals surface area contributed by atoms with Crippen molar-refractivity contribution in [2.45, 2.75) is 25.4 Å². The Hall–Kier alpha value is -1.55. The van der Waals surface area contributed by atoms with Gasteiger partial charge in [0, 0.05) is 19.6 Å². The molecular formula is C12H14N2O2. The molecule has 1 saturated carbocycles. The van der Waals surface area contributed by atoms with Crippen LogP contribution in [0.5, 0.6) is 0 Å². The average Bonchev–Trinajstić information content (AvgIpc) is 3.05. The number of oxazole rings is 1. The lowest BCUT2D eigenvalue weighted by molar-refractivity contribution is 0.527. The van der Waals surface area contributed by atoms with E-state index in [1.54, 1.807) is 7.05 Å². The molecule has 0 aliphatic heterocycles. The van der Waals surface area contributed by atoms with Crippen molar-refractivity contribution < 1.29 is 4.42 Å². The first-order valence-corrected chi connectivity index (χ1v) is 5.56.